The lowest BCUT2D eigenvalue weighted by Gasteiger charge is -2.27. The maximum Gasteiger partial charge on any atom is 0.326 e. The number of hydrogen-bond donors (Lipinski definition) is 4. The zero-order valence-corrected chi connectivity index (χ0v) is 13.9. The summed E-state index contributed by atoms with van der Waals surface area (Å²) in [5.41, 5.74) is 5.58. The van der Waals surface area contributed by atoms with Crippen LogP contribution in [-0.4, -0.2) is 63.5 Å². The van der Waals surface area contributed by atoms with E-state index in [1.54, 1.807) is 0 Å². The smallest absolute Gasteiger partial charge is 0.326 e. The number of rotatable bonds is 8. The van der Waals surface area contributed by atoms with Gasteiger partial charge in [-0.05, 0) is 25.2 Å². The molecule has 24 heavy (non-hydrogen) atoms. The summed E-state index contributed by atoms with van der Waals surface area (Å²) >= 11 is 0. The third-order valence-corrected chi connectivity index (χ3v) is 3.87. The fourth-order valence-electron chi connectivity index (χ4n) is 2.75. The van der Waals surface area contributed by atoms with Gasteiger partial charge in [0.15, 0.2) is 0 Å². The Kier molecular flexibility index (Phi) is 7.15. The first-order valence-corrected chi connectivity index (χ1v) is 7.94. The number of amides is 2. The number of carbonyl (C=O) groups is 4. The topological polar surface area (TPSA) is 150 Å². The molecule has 0 aromatic rings. The lowest BCUT2D eigenvalue weighted by molar-refractivity contribution is -0.146. The van der Waals surface area contributed by atoms with Gasteiger partial charge < -0.3 is 26.2 Å². The van der Waals surface area contributed by atoms with Gasteiger partial charge in [-0.3, -0.25) is 14.4 Å². The number of likely N-dealkylation sites (tertiary alicyclic amines) is 1. The van der Waals surface area contributed by atoms with Crippen LogP contribution in [0.1, 0.15) is 39.5 Å². The second kappa shape index (κ2) is 8.62. The fraction of sp³-hybridized carbons (Fsp3) is 0.733. The van der Waals surface area contributed by atoms with Gasteiger partial charge >= 0.3 is 11.9 Å². The minimum atomic E-state index is -1.22. The van der Waals surface area contributed by atoms with Crippen molar-refractivity contribution in [2.24, 2.45) is 11.7 Å². The Morgan fingerprint density at radius 3 is 2.38 bits per heavy atom. The van der Waals surface area contributed by atoms with Crippen LogP contribution in [0.3, 0.4) is 0 Å². The number of hydrogen-bond acceptors (Lipinski definition) is 5. The van der Waals surface area contributed by atoms with Gasteiger partial charge in [0.2, 0.25) is 11.8 Å². The Morgan fingerprint density at radius 1 is 1.25 bits per heavy atom. The maximum atomic E-state index is 12.4. The van der Waals surface area contributed by atoms with Crippen molar-refractivity contribution >= 4 is 23.8 Å². The third kappa shape index (κ3) is 5.48. The fourth-order valence-corrected chi connectivity index (χ4v) is 2.75. The van der Waals surface area contributed by atoms with Crippen molar-refractivity contribution in [3.63, 3.8) is 0 Å². The van der Waals surface area contributed by atoms with Crippen molar-refractivity contribution in [1.82, 2.24) is 10.2 Å². The molecule has 0 aromatic carbocycles. The van der Waals surface area contributed by atoms with Crippen molar-refractivity contribution in [1.29, 1.82) is 0 Å². The van der Waals surface area contributed by atoms with Gasteiger partial charge in [0.05, 0.1) is 12.5 Å². The van der Waals surface area contributed by atoms with Gasteiger partial charge in [0.25, 0.3) is 0 Å². The highest BCUT2D eigenvalue weighted by Gasteiger charge is 2.37. The summed E-state index contributed by atoms with van der Waals surface area (Å²) in [5.74, 6) is -3.40. The second-order valence-electron chi connectivity index (χ2n) is 6.42. The molecule has 2 amide bonds. The molecule has 1 fully saturated rings. The SMILES string of the molecule is CC(C)C[C@H](NC(=O)[C@@H]1CCCN1C(=O)[C@@H](N)CC(=O)O)C(=O)O. The molecule has 1 heterocycles. The molecule has 0 aliphatic carbocycles. The van der Waals surface area contributed by atoms with Crippen LogP contribution in [0.4, 0.5) is 0 Å². The highest BCUT2D eigenvalue weighted by molar-refractivity contribution is 5.93. The molecule has 0 bridgehead atoms. The van der Waals surface area contributed by atoms with Crippen LogP contribution < -0.4 is 11.1 Å². The summed E-state index contributed by atoms with van der Waals surface area (Å²) in [6.45, 7) is 3.99. The average Bonchev–Trinajstić information content (AvgIpc) is 2.93. The zero-order valence-electron chi connectivity index (χ0n) is 13.9. The molecule has 0 spiro atoms. The van der Waals surface area contributed by atoms with Crippen molar-refractivity contribution in [2.45, 2.75) is 57.7 Å². The number of carboxylic acids is 2. The zero-order chi connectivity index (χ0) is 18.4. The molecule has 5 N–H and O–H groups in total. The Balaban J connectivity index is 2.76. The van der Waals surface area contributed by atoms with E-state index < -0.39 is 48.3 Å². The molecule has 1 aliphatic heterocycles. The molecular weight excluding hydrogens is 318 g/mol. The van der Waals surface area contributed by atoms with Gasteiger partial charge in [-0.25, -0.2) is 4.79 Å². The van der Waals surface area contributed by atoms with E-state index in [1.807, 2.05) is 13.8 Å². The minimum absolute atomic E-state index is 0.0803. The van der Waals surface area contributed by atoms with Crippen LogP contribution in [-0.2, 0) is 19.2 Å². The van der Waals surface area contributed by atoms with Crippen molar-refractivity contribution in [2.75, 3.05) is 6.54 Å². The summed E-state index contributed by atoms with van der Waals surface area (Å²) in [4.78, 5) is 47.8. The number of carboxylic acid groups (broad SMARTS) is 2. The molecule has 0 unspecified atom stereocenters. The molecule has 1 rings (SSSR count). The summed E-state index contributed by atoms with van der Waals surface area (Å²) in [7, 11) is 0. The predicted octanol–water partition coefficient (Wildman–Crippen LogP) is -0.605. The summed E-state index contributed by atoms with van der Waals surface area (Å²) < 4.78 is 0. The molecule has 9 heteroatoms. The number of aliphatic carboxylic acids is 2. The summed E-state index contributed by atoms with van der Waals surface area (Å²) in [5, 5.41) is 20.4. The largest absolute Gasteiger partial charge is 0.481 e. The van der Waals surface area contributed by atoms with Crippen LogP contribution in [0.25, 0.3) is 0 Å². The predicted molar refractivity (Wildman–Crippen MR) is 84.0 cm³/mol. The summed E-state index contributed by atoms with van der Waals surface area (Å²) in [6.07, 6.45) is 0.728. The number of nitrogens with zero attached hydrogens (tertiary/aromatic N) is 1. The van der Waals surface area contributed by atoms with Crippen molar-refractivity contribution < 1.29 is 29.4 Å². The van der Waals surface area contributed by atoms with E-state index in [0.717, 1.165) is 0 Å². The van der Waals surface area contributed by atoms with Crippen LogP contribution in [0.15, 0.2) is 0 Å². The van der Waals surface area contributed by atoms with Crippen LogP contribution in [0.5, 0.6) is 0 Å². The normalized spacial score (nSPS) is 19.8. The Morgan fingerprint density at radius 2 is 1.88 bits per heavy atom. The maximum absolute atomic E-state index is 12.4. The van der Waals surface area contributed by atoms with Gasteiger partial charge in [0, 0.05) is 6.54 Å². The molecule has 136 valence electrons. The Bertz CT molecular complexity index is 507. The third-order valence-electron chi connectivity index (χ3n) is 3.87. The Labute approximate surface area is 140 Å². The lowest BCUT2D eigenvalue weighted by Crippen LogP contribution is -2.54. The highest BCUT2D eigenvalue weighted by Crippen LogP contribution is 2.19. The Hall–Kier alpha value is -2.16. The first-order valence-electron chi connectivity index (χ1n) is 7.94. The first kappa shape index (κ1) is 19.9. The number of nitrogens with two attached hydrogens (primary N) is 1. The van der Waals surface area contributed by atoms with Crippen molar-refractivity contribution in [3.8, 4) is 0 Å². The molecule has 0 aromatic heterocycles. The van der Waals surface area contributed by atoms with E-state index in [-0.39, 0.29) is 12.3 Å². The lowest BCUT2D eigenvalue weighted by atomic mass is 10.0. The number of carbonyl (C=O) groups excluding carboxylic acids is 2. The van der Waals surface area contributed by atoms with Crippen LogP contribution in [0, 0.1) is 5.92 Å². The van der Waals surface area contributed by atoms with Crippen LogP contribution in [0.2, 0.25) is 0 Å². The standard InChI is InChI=1S/C15H25N3O6/c1-8(2)6-10(15(23)24)17-13(21)11-4-3-5-18(11)14(22)9(16)7-12(19)20/h8-11H,3-7,16H2,1-2H3,(H,17,21)(H,19,20)(H,23,24)/t9-,10-,11-/m0/s1. The van der Waals surface area contributed by atoms with Gasteiger partial charge in [-0.15, -0.1) is 0 Å². The van der Waals surface area contributed by atoms with Crippen LogP contribution >= 0.6 is 0 Å². The van der Waals surface area contributed by atoms with Gasteiger partial charge in [0.1, 0.15) is 12.1 Å². The molecule has 3 atom stereocenters. The molecule has 9 nitrogen and oxygen atoms in total. The molecular formula is C15H25N3O6. The second-order valence-corrected chi connectivity index (χ2v) is 6.42. The quantitative estimate of drug-likeness (QED) is 0.459. The van der Waals surface area contributed by atoms with Gasteiger partial charge in [-0.1, -0.05) is 13.8 Å². The van der Waals surface area contributed by atoms with E-state index in [9.17, 15) is 24.3 Å². The molecule has 1 aliphatic rings. The van der Waals surface area contributed by atoms with E-state index in [1.165, 1.54) is 4.90 Å². The van der Waals surface area contributed by atoms with E-state index >= 15 is 0 Å². The molecule has 0 saturated carbocycles. The average molecular weight is 343 g/mol. The molecule has 0 radical (unpaired) electrons. The van der Waals surface area contributed by atoms with Gasteiger partial charge in [-0.2, -0.15) is 0 Å². The first-order chi connectivity index (χ1) is 11.1. The van der Waals surface area contributed by atoms with Crippen molar-refractivity contribution in [3.05, 3.63) is 0 Å². The highest BCUT2D eigenvalue weighted by atomic mass is 16.4. The minimum Gasteiger partial charge on any atom is -0.481 e. The van der Waals surface area contributed by atoms with E-state index in [0.29, 0.717) is 19.4 Å². The molecule has 1 saturated heterocycles. The monoisotopic (exact) mass is 343 g/mol. The number of nitrogens with one attached hydrogen (secondary N) is 1. The summed E-state index contributed by atoms with van der Waals surface area (Å²) in [6, 6.07) is -3.06. The van der Waals surface area contributed by atoms with E-state index in [4.69, 9.17) is 10.8 Å². The van der Waals surface area contributed by atoms with E-state index in [2.05, 4.69) is 5.32 Å².